The predicted molar refractivity (Wildman–Crippen MR) is 123 cm³/mol. The van der Waals surface area contributed by atoms with Gasteiger partial charge in [-0.3, -0.25) is 4.79 Å². The van der Waals surface area contributed by atoms with Crippen molar-refractivity contribution in [3.8, 4) is 5.75 Å². The van der Waals surface area contributed by atoms with Gasteiger partial charge in [-0.25, -0.2) is 4.99 Å². The van der Waals surface area contributed by atoms with E-state index in [2.05, 4.69) is 10.3 Å². The molecular formula is C19H30ClIN4O3. The van der Waals surface area contributed by atoms with Crippen LogP contribution in [0.5, 0.6) is 5.75 Å². The van der Waals surface area contributed by atoms with Crippen molar-refractivity contribution in [2.24, 2.45) is 4.99 Å². The van der Waals surface area contributed by atoms with Gasteiger partial charge in [0.15, 0.2) is 5.96 Å². The number of likely N-dealkylation sites (N-methyl/N-ethyl adjacent to an activating group) is 2. The lowest BCUT2D eigenvalue weighted by Gasteiger charge is -2.24. The van der Waals surface area contributed by atoms with Crippen LogP contribution < -0.4 is 10.1 Å². The van der Waals surface area contributed by atoms with Crippen molar-refractivity contribution in [3.63, 3.8) is 0 Å². The summed E-state index contributed by atoms with van der Waals surface area (Å²) in [5, 5.41) is 4.00. The van der Waals surface area contributed by atoms with Crippen molar-refractivity contribution >= 4 is 47.4 Å². The number of carbonyl (C=O) groups is 1. The standard InChI is InChI=1S/C19H29ClN4O3.HI/c1-23(2)18(25)14-22-19(21-13-17-5-4-11-26-17)24(3)10-12-27-16-8-6-15(20)7-9-16;/h6-9,17H,4-5,10-14H2,1-3H3,(H,21,22);1H. The number of guanidine groups is 1. The van der Waals surface area contributed by atoms with Gasteiger partial charge in [-0.15, -0.1) is 24.0 Å². The average Bonchev–Trinajstić information content (AvgIpc) is 3.16. The molecule has 1 heterocycles. The molecule has 0 spiro atoms. The van der Waals surface area contributed by atoms with Gasteiger partial charge in [0.05, 0.1) is 12.6 Å². The second kappa shape index (κ2) is 13.1. The van der Waals surface area contributed by atoms with Crippen LogP contribution in [0.3, 0.4) is 0 Å². The lowest BCUT2D eigenvalue weighted by atomic mass is 10.2. The molecule has 1 aliphatic heterocycles. The number of carbonyl (C=O) groups excluding carboxylic acids is 1. The zero-order chi connectivity index (χ0) is 19.6. The highest BCUT2D eigenvalue weighted by Crippen LogP contribution is 2.15. The summed E-state index contributed by atoms with van der Waals surface area (Å²) >= 11 is 5.88. The van der Waals surface area contributed by atoms with Gasteiger partial charge in [0, 0.05) is 39.3 Å². The molecule has 1 aromatic rings. The fraction of sp³-hybridized carbons (Fsp3) is 0.579. The third-order valence-electron chi connectivity index (χ3n) is 4.25. The summed E-state index contributed by atoms with van der Waals surface area (Å²) < 4.78 is 11.4. The first-order valence-electron chi connectivity index (χ1n) is 9.15. The van der Waals surface area contributed by atoms with Crippen LogP contribution in [-0.4, -0.2) is 81.8 Å². The van der Waals surface area contributed by atoms with Crippen LogP contribution in [-0.2, 0) is 9.53 Å². The summed E-state index contributed by atoms with van der Waals surface area (Å²) in [5.74, 6) is 1.39. The topological polar surface area (TPSA) is 66.4 Å². The Balaban J connectivity index is 0.00000392. The predicted octanol–water partition coefficient (Wildman–Crippen LogP) is 2.48. The molecule has 9 heteroatoms. The van der Waals surface area contributed by atoms with Crippen molar-refractivity contribution in [1.82, 2.24) is 15.1 Å². The fourth-order valence-electron chi connectivity index (χ4n) is 2.54. The van der Waals surface area contributed by atoms with E-state index in [0.29, 0.717) is 30.7 Å². The molecule has 1 amide bonds. The second-order valence-corrected chi connectivity index (χ2v) is 7.10. The minimum absolute atomic E-state index is 0. The summed E-state index contributed by atoms with van der Waals surface area (Å²) in [5.41, 5.74) is 0. The van der Waals surface area contributed by atoms with E-state index in [1.54, 1.807) is 26.2 Å². The van der Waals surface area contributed by atoms with Crippen LogP contribution in [0.1, 0.15) is 12.8 Å². The Labute approximate surface area is 189 Å². The van der Waals surface area contributed by atoms with Crippen LogP contribution in [0.15, 0.2) is 29.3 Å². The van der Waals surface area contributed by atoms with Crippen molar-refractivity contribution in [1.29, 1.82) is 0 Å². The molecule has 1 atom stereocenters. The monoisotopic (exact) mass is 524 g/mol. The lowest BCUT2D eigenvalue weighted by molar-refractivity contribution is -0.127. The van der Waals surface area contributed by atoms with E-state index in [-0.39, 0.29) is 42.5 Å². The van der Waals surface area contributed by atoms with Gasteiger partial charge < -0.3 is 24.6 Å². The number of benzene rings is 1. The minimum Gasteiger partial charge on any atom is -0.492 e. The molecule has 0 aromatic heterocycles. The van der Waals surface area contributed by atoms with Gasteiger partial charge in [-0.1, -0.05) is 11.6 Å². The summed E-state index contributed by atoms with van der Waals surface area (Å²) in [6.07, 6.45) is 2.32. The van der Waals surface area contributed by atoms with E-state index in [1.165, 1.54) is 4.90 Å². The number of aliphatic imine (C=N–C) groups is 1. The molecule has 0 aliphatic carbocycles. The quantitative estimate of drug-likeness (QED) is 0.322. The Morgan fingerprint density at radius 1 is 1.32 bits per heavy atom. The molecule has 1 aromatic carbocycles. The first-order chi connectivity index (χ1) is 13.0. The molecule has 1 aliphatic rings. The summed E-state index contributed by atoms with van der Waals surface area (Å²) in [6.45, 7) is 2.69. The number of nitrogens with zero attached hydrogens (tertiary/aromatic N) is 3. The molecule has 1 fully saturated rings. The van der Waals surface area contributed by atoms with E-state index in [9.17, 15) is 4.79 Å². The van der Waals surface area contributed by atoms with Crippen molar-refractivity contribution in [3.05, 3.63) is 29.3 Å². The van der Waals surface area contributed by atoms with Gasteiger partial charge in [-0.05, 0) is 37.1 Å². The minimum atomic E-state index is -0.0442. The maximum atomic E-state index is 11.9. The van der Waals surface area contributed by atoms with E-state index in [0.717, 1.165) is 25.2 Å². The maximum Gasteiger partial charge on any atom is 0.243 e. The van der Waals surface area contributed by atoms with Crippen LogP contribution in [0.25, 0.3) is 0 Å². The molecule has 7 nitrogen and oxygen atoms in total. The van der Waals surface area contributed by atoms with Crippen molar-refractivity contribution in [2.45, 2.75) is 18.9 Å². The summed E-state index contributed by atoms with van der Waals surface area (Å²) in [4.78, 5) is 19.8. The molecule has 1 N–H and O–H groups in total. The second-order valence-electron chi connectivity index (χ2n) is 6.67. The fourth-order valence-corrected chi connectivity index (χ4v) is 2.67. The normalized spacial score (nSPS) is 16.3. The lowest BCUT2D eigenvalue weighted by Crippen LogP contribution is -2.44. The highest BCUT2D eigenvalue weighted by atomic mass is 127. The first kappa shape index (κ1) is 24.8. The zero-order valence-electron chi connectivity index (χ0n) is 16.7. The Morgan fingerprint density at radius 3 is 2.64 bits per heavy atom. The van der Waals surface area contributed by atoms with E-state index >= 15 is 0 Å². The average molecular weight is 525 g/mol. The number of nitrogens with one attached hydrogen (secondary N) is 1. The summed E-state index contributed by atoms with van der Waals surface area (Å²) in [6, 6.07) is 7.26. The van der Waals surface area contributed by atoms with Crippen molar-refractivity contribution < 1.29 is 14.3 Å². The third-order valence-corrected chi connectivity index (χ3v) is 4.50. The molecule has 1 unspecified atom stereocenters. The van der Waals surface area contributed by atoms with Crippen LogP contribution in [0, 0.1) is 0 Å². The molecule has 28 heavy (non-hydrogen) atoms. The summed E-state index contributed by atoms with van der Waals surface area (Å²) in [7, 11) is 5.37. The molecule has 158 valence electrons. The van der Waals surface area contributed by atoms with Gasteiger partial charge in [-0.2, -0.15) is 0 Å². The van der Waals surface area contributed by atoms with Crippen LogP contribution >= 0.6 is 35.6 Å². The number of halogens is 2. The van der Waals surface area contributed by atoms with E-state index in [4.69, 9.17) is 21.1 Å². The van der Waals surface area contributed by atoms with Gasteiger partial charge >= 0.3 is 0 Å². The smallest absolute Gasteiger partial charge is 0.243 e. The SMILES string of the molecule is CN(C)C(=O)CN=C(NCC1CCCO1)N(C)CCOc1ccc(Cl)cc1.I. The number of ether oxygens (including phenoxy) is 2. The largest absolute Gasteiger partial charge is 0.492 e. The molecule has 1 saturated heterocycles. The number of rotatable bonds is 8. The van der Waals surface area contributed by atoms with Crippen molar-refractivity contribution in [2.75, 3.05) is 54.0 Å². The van der Waals surface area contributed by atoms with Gasteiger partial charge in [0.2, 0.25) is 5.91 Å². The first-order valence-corrected chi connectivity index (χ1v) is 9.53. The Kier molecular flexibility index (Phi) is 11.6. The number of hydrogen-bond donors (Lipinski definition) is 1. The highest BCUT2D eigenvalue weighted by Gasteiger charge is 2.17. The third kappa shape index (κ3) is 8.83. The highest BCUT2D eigenvalue weighted by molar-refractivity contribution is 14.0. The van der Waals surface area contributed by atoms with E-state index < -0.39 is 0 Å². The molecular weight excluding hydrogens is 495 g/mol. The van der Waals surface area contributed by atoms with Crippen LogP contribution in [0.4, 0.5) is 0 Å². The molecule has 2 rings (SSSR count). The molecule has 0 radical (unpaired) electrons. The van der Waals surface area contributed by atoms with Crippen LogP contribution in [0.2, 0.25) is 5.02 Å². The van der Waals surface area contributed by atoms with Gasteiger partial charge in [0.25, 0.3) is 0 Å². The Morgan fingerprint density at radius 2 is 2.04 bits per heavy atom. The maximum absolute atomic E-state index is 11.9. The van der Waals surface area contributed by atoms with E-state index in [1.807, 2.05) is 24.1 Å². The zero-order valence-corrected chi connectivity index (χ0v) is 19.8. The molecule has 0 bridgehead atoms. The molecule has 0 saturated carbocycles. The Bertz CT molecular complexity index is 622. The Hall–Kier alpha value is -1.26. The van der Waals surface area contributed by atoms with Gasteiger partial charge in [0.1, 0.15) is 18.9 Å². The number of amides is 1. The number of hydrogen-bond acceptors (Lipinski definition) is 4.